The third-order valence-corrected chi connectivity index (χ3v) is 6.87. The molecule has 1 saturated carbocycles. The Morgan fingerprint density at radius 1 is 1.09 bits per heavy atom. The predicted molar refractivity (Wildman–Crippen MR) is 119 cm³/mol. The van der Waals surface area contributed by atoms with Gasteiger partial charge < -0.3 is 15.4 Å². The fraction of sp³-hybridized carbons (Fsp3) is 0.400. The topological polar surface area (TPSA) is 96.5 Å². The molecule has 4 amide bonds. The maximum atomic E-state index is 12.6. The number of hydrogen-bond donors (Lipinski definition) is 3. The van der Waals surface area contributed by atoms with Crippen LogP contribution in [0.3, 0.4) is 0 Å². The first kappa shape index (κ1) is 20.5. The van der Waals surface area contributed by atoms with E-state index in [9.17, 15) is 14.4 Å². The molecule has 0 bridgehead atoms. The number of carbonyl (C=O) groups is 3. The maximum Gasteiger partial charge on any atom is 0.322 e. The number of urea groups is 1. The minimum absolute atomic E-state index is 0.00130. The zero-order valence-electron chi connectivity index (χ0n) is 18.1. The summed E-state index contributed by atoms with van der Waals surface area (Å²) in [7, 11) is 0. The van der Waals surface area contributed by atoms with E-state index < -0.39 is 11.6 Å². The summed E-state index contributed by atoms with van der Waals surface area (Å²) in [6.07, 6.45) is 3.31. The lowest BCUT2D eigenvalue weighted by Crippen LogP contribution is -2.50. The van der Waals surface area contributed by atoms with Crippen LogP contribution in [0.4, 0.5) is 4.79 Å². The van der Waals surface area contributed by atoms with Gasteiger partial charge in [0, 0.05) is 18.9 Å². The van der Waals surface area contributed by atoms with E-state index >= 15 is 0 Å². The molecule has 166 valence electrons. The Morgan fingerprint density at radius 3 is 2.50 bits per heavy atom. The van der Waals surface area contributed by atoms with Gasteiger partial charge in [-0.15, -0.1) is 0 Å². The lowest BCUT2D eigenvalue weighted by Gasteiger charge is -2.33. The molecule has 5 rings (SSSR count). The molecule has 1 spiro atoms. The molecule has 1 aliphatic carbocycles. The Bertz CT molecular complexity index is 1070. The van der Waals surface area contributed by atoms with Gasteiger partial charge >= 0.3 is 6.03 Å². The fourth-order valence-corrected chi connectivity index (χ4v) is 5.00. The number of benzene rings is 2. The summed E-state index contributed by atoms with van der Waals surface area (Å²) >= 11 is 0. The second-order valence-electron chi connectivity index (χ2n) is 9.13. The number of hydrogen-bond acceptors (Lipinski definition) is 4. The second-order valence-corrected chi connectivity index (χ2v) is 9.13. The molecule has 0 aromatic heterocycles. The van der Waals surface area contributed by atoms with Crippen molar-refractivity contribution in [2.75, 3.05) is 0 Å². The first-order valence-corrected chi connectivity index (χ1v) is 11.2. The number of amides is 4. The Morgan fingerprint density at radius 2 is 1.81 bits per heavy atom. The molecule has 7 nitrogen and oxygen atoms in total. The summed E-state index contributed by atoms with van der Waals surface area (Å²) in [6, 6.07) is 14.1. The van der Waals surface area contributed by atoms with Crippen molar-refractivity contribution in [3.8, 4) is 16.9 Å². The number of carbonyl (C=O) groups excluding carboxylic acids is 3. The van der Waals surface area contributed by atoms with Crippen molar-refractivity contribution < 1.29 is 19.1 Å². The summed E-state index contributed by atoms with van der Waals surface area (Å²) in [5.74, 6) is 0.569. The third kappa shape index (κ3) is 3.83. The Hall–Kier alpha value is -3.35. The van der Waals surface area contributed by atoms with Crippen LogP contribution in [0.15, 0.2) is 42.5 Å². The van der Waals surface area contributed by atoms with Gasteiger partial charge in [0.05, 0.1) is 0 Å². The van der Waals surface area contributed by atoms with Crippen LogP contribution in [-0.4, -0.2) is 29.5 Å². The first-order valence-electron chi connectivity index (χ1n) is 11.2. The molecule has 2 aliphatic heterocycles. The summed E-state index contributed by atoms with van der Waals surface area (Å²) < 4.78 is 5.78. The Labute approximate surface area is 186 Å². The fourth-order valence-electron chi connectivity index (χ4n) is 5.00. The minimum Gasteiger partial charge on any atom is -0.490 e. The Balaban J connectivity index is 1.15. The highest BCUT2D eigenvalue weighted by Gasteiger charge is 2.48. The SMILES string of the molecule is CC1Cc2cc(-c3ccc(CNC(=O)C4CCC5(CC4)NC(=O)NC5=O)cc3)ccc2O1. The number of nitrogens with one attached hydrogen (secondary N) is 3. The third-order valence-electron chi connectivity index (χ3n) is 6.87. The summed E-state index contributed by atoms with van der Waals surface area (Å²) in [4.78, 5) is 36.1. The average Bonchev–Trinajstić information content (AvgIpc) is 3.29. The van der Waals surface area contributed by atoms with Gasteiger partial charge in [0.25, 0.3) is 5.91 Å². The largest absolute Gasteiger partial charge is 0.490 e. The van der Waals surface area contributed by atoms with Gasteiger partial charge in [-0.05, 0) is 67.0 Å². The number of ether oxygens (including phenoxy) is 1. The zero-order chi connectivity index (χ0) is 22.3. The van der Waals surface area contributed by atoms with Crippen molar-refractivity contribution in [1.82, 2.24) is 16.0 Å². The van der Waals surface area contributed by atoms with E-state index in [-0.39, 0.29) is 23.8 Å². The number of fused-ring (bicyclic) bond motifs is 1. The molecule has 3 aliphatic rings. The second kappa shape index (κ2) is 7.97. The molecule has 2 heterocycles. The van der Waals surface area contributed by atoms with Crippen LogP contribution >= 0.6 is 0 Å². The van der Waals surface area contributed by atoms with E-state index in [2.05, 4.69) is 47.1 Å². The minimum atomic E-state index is -0.828. The molecular formula is C25H27N3O4. The van der Waals surface area contributed by atoms with E-state index in [1.54, 1.807) is 0 Å². The molecule has 1 saturated heterocycles. The van der Waals surface area contributed by atoms with Crippen molar-refractivity contribution in [3.05, 3.63) is 53.6 Å². The molecule has 0 radical (unpaired) electrons. The van der Waals surface area contributed by atoms with Gasteiger partial charge in [-0.25, -0.2) is 4.79 Å². The van der Waals surface area contributed by atoms with Gasteiger partial charge in [-0.2, -0.15) is 0 Å². The summed E-state index contributed by atoms with van der Waals surface area (Å²) in [5, 5.41) is 8.06. The van der Waals surface area contributed by atoms with Crippen molar-refractivity contribution in [1.29, 1.82) is 0 Å². The smallest absolute Gasteiger partial charge is 0.322 e. The van der Waals surface area contributed by atoms with E-state index in [1.807, 2.05) is 18.2 Å². The molecule has 1 unspecified atom stereocenters. The highest BCUT2D eigenvalue weighted by atomic mass is 16.5. The molecule has 32 heavy (non-hydrogen) atoms. The van der Waals surface area contributed by atoms with Gasteiger partial charge in [0.2, 0.25) is 5.91 Å². The lowest BCUT2D eigenvalue weighted by atomic mass is 9.76. The average molecular weight is 434 g/mol. The summed E-state index contributed by atoms with van der Waals surface area (Å²) in [6.45, 7) is 2.55. The van der Waals surface area contributed by atoms with Crippen LogP contribution in [0, 0.1) is 5.92 Å². The van der Waals surface area contributed by atoms with Gasteiger partial charge in [-0.3, -0.25) is 14.9 Å². The standard InChI is InChI=1S/C25H27N3O4/c1-15-12-20-13-19(6-7-21(20)32-15)17-4-2-16(3-5-17)14-26-22(29)18-8-10-25(11-9-18)23(30)27-24(31)28-25/h2-7,13,15,18H,8-12,14H2,1H3,(H,26,29)(H2,27,28,30,31). The molecule has 1 atom stereocenters. The highest BCUT2D eigenvalue weighted by molar-refractivity contribution is 6.07. The van der Waals surface area contributed by atoms with Crippen molar-refractivity contribution in [2.45, 2.75) is 57.2 Å². The van der Waals surface area contributed by atoms with Gasteiger partial charge in [0.1, 0.15) is 17.4 Å². The van der Waals surface area contributed by atoms with Gasteiger partial charge in [-0.1, -0.05) is 30.3 Å². The Kier molecular flexibility index (Phi) is 5.12. The van der Waals surface area contributed by atoms with Crippen molar-refractivity contribution in [3.63, 3.8) is 0 Å². The van der Waals surface area contributed by atoms with Crippen LogP contribution in [0.2, 0.25) is 0 Å². The maximum absolute atomic E-state index is 12.6. The van der Waals surface area contributed by atoms with Crippen LogP contribution in [0.1, 0.15) is 43.7 Å². The van der Waals surface area contributed by atoms with Crippen LogP contribution < -0.4 is 20.7 Å². The van der Waals surface area contributed by atoms with Gasteiger partial charge in [0.15, 0.2) is 0 Å². The molecule has 2 fully saturated rings. The highest BCUT2D eigenvalue weighted by Crippen LogP contribution is 2.35. The first-order chi connectivity index (χ1) is 15.4. The van der Waals surface area contributed by atoms with Crippen LogP contribution in [0.5, 0.6) is 5.75 Å². The molecule has 7 heteroatoms. The zero-order valence-corrected chi connectivity index (χ0v) is 18.1. The summed E-state index contributed by atoms with van der Waals surface area (Å²) in [5.41, 5.74) is 3.75. The molecule has 2 aromatic carbocycles. The van der Waals surface area contributed by atoms with E-state index in [1.165, 1.54) is 5.56 Å². The van der Waals surface area contributed by atoms with Crippen LogP contribution in [-0.2, 0) is 22.6 Å². The monoisotopic (exact) mass is 433 g/mol. The molecule has 2 aromatic rings. The van der Waals surface area contributed by atoms with Crippen molar-refractivity contribution in [2.24, 2.45) is 5.92 Å². The van der Waals surface area contributed by atoms with E-state index in [4.69, 9.17) is 4.74 Å². The number of rotatable bonds is 4. The van der Waals surface area contributed by atoms with E-state index in [0.29, 0.717) is 32.2 Å². The predicted octanol–water partition coefficient (Wildman–Crippen LogP) is 3.06. The van der Waals surface area contributed by atoms with E-state index in [0.717, 1.165) is 28.9 Å². The molecule has 3 N–H and O–H groups in total. The quantitative estimate of drug-likeness (QED) is 0.646. The van der Waals surface area contributed by atoms with Crippen molar-refractivity contribution >= 4 is 17.8 Å². The normalized spacial score (nSPS) is 26.3. The van der Waals surface area contributed by atoms with Crippen LogP contribution in [0.25, 0.3) is 11.1 Å². The number of imide groups is 1. The molecular weight excluding hydrogens is 406 g/mol. The lowest BCUT2D eigenvalue weighted by molar-refractivity contribution is -0.130.